The predicted molar refractivity (Wildman–Crippen MR) is 59.6 cm³/mol. The lowest BCUT2D eigenvalue weighted by Gasteiger charge is -2.11. The maximum Gasteiger partial charge on any atom is 0.418 e. The minimum absolute atomic E-state index is 0.0788. The molecule has 1 heterocycles. The zero-order chi connectivity index (χ0) is 13.5. The van der Waals surface area contributed by atoms with Crippen LogP contribution in [0, 0.1) is 0 Å². The first kappa shape index (κ1) is 12.5. The van der Waals surface area contributed by atoms with Gasteiger partial charge in [-0.3, -0.25) is 0 Å². The van der Waals surface area contributed by atoms with Gasteiger partial charge in [-0.1, -0.05) is 12.1 Å². The summed E-state index contributed by atoms with van der Waals surface area (Å²) in [4.78, 5) is 11.0. The SMILES string of the molecule is CCn1c(C(=O)O)cc2cccc(C(F)(F)F)c21. The highest BCUT2D eigenvalue weighted by atomic mass is 19.4. The van der Waals surface area contributed by atoms with Gasteiger partial charge in [-0.25, -0.2) is 4.79 Å². The summed E-state index contributed by atoms with van der Waals surface area (Å²) in [7, 11) is 0. The van der Waals surface area contributed by atoms with Gasteiger partial charge in [-0.15, -0.1) is 0 Å². The molecule has 0 aliphatic heterocycles. The number of para-hydroxylation sites is 1. The van der Waals surface area contributed by atoms with E-state index in [0.29, 0.717) is 0 Å². The number of halogens is 3. The quantitative estimate of drug-likeness (QED) is 0.896. The molecule has 0 spiro atoms. The van der Waals surface area contributed by atoms with Crippen LogP contribution in [0.3, 0.4) is 0 Å². The summed E-state index contributed by atoms with van der Waals surface area (Å²) in [5, 5.41) is 9.27. The van der Waals surface area contributed by atoms with Crippen molar-refractivity contribution in [2.75, 3.05) is 0 Å². The molecule has 0 radical (unpaired) electrons. The molecule has 2 aromatic rings. The van der Waals surface area contributed by atoms with E-state index in [1.54, 1.807) is 6.92 Å². The number of aromatic carboxylic acids is 1. The smallest absolute Gasteiger partial charge is 0.418 e. The molecule has 0 bridgehead atoms. The van der Waals surface area contributed by atoms with Crippen LogP contribution in [0.25, 0.3) is 10.9 Å². The van der Waals surface area contributed by atoms with Crippen molar-refractivity contribution < 1.29 is 23.1 Å². The van der Waals surface area contributed by atoms with Crippen molar-refractivity contribution in [1.82, 2.24) is 4.57 Å². The lowest BCUT2D eigenvalue weighted by molar-refractivity contribution is -0.136. The Morgan fingerprint density at radius 2 is 2.06 bits per heavy atom. The number of rotatable bonds is 2. The van der Waals surface area contributed by atoms with E-state index in [0.717, 1.165) is 6.07 Å². The van der Waals surface area contributed by atoms with E-state index >= 15 is 0 Å². The van der Waals surface area contributed by atoms with Crippen molar-refractivity contribution in [2.45, 2.75) is 19.6 Å². The Kier molecular flexibility index (Phi) is 2.80. The first-order valence-corrected chi connectivity index (χ1v) is 5.29. The average molecular weight is 257 g/mol. The Morgan fingerprint density at radius 1 is 1.39 bits per heavy atom. The molecule has 3 nitrogen and oxygen atoms in total. The third-order valence-corrected chi connectivity index (χ3v) is 2.76. The first-order chi connectivity index (χ1) is 8.36. The fourth-order valence-electron chi connectivity index (χ4n) is 2.06. The van der Waals surface area contributed by atoms with E-state index in [-0.39, 0.29) is 23.1 Å². The number of carbonyl (C=O) groups is 1. The molecule has 0 atom stereocenters. The molecule has 0 saturated heterocycles. The predicted octanol–water partition coefficient (Wildman–Crippen LogP) is 3.38. The normalized spacial score (nSPS) is 12.0. The number of hydrogen-bond donors (Lipinski definition) is 1. The van der Waals surface area contributed by atoms with Gasteiger partial charge in [0.15, 0.2) is 0 Å². The van der Waals surface area contributed by atoms with E-state index in [2.05, 4.69) is 0 Å². The number of carboxylic acids is 1. The molecule has 2 rings (SSSR count). The Balaban J connectivity index is 2.87. The minimum atomic E-state index is -4.50. The number of benzene rings is 1. The summed E-state index contributed by atoms with van der Waals surface area (Å²) in [6, 6.07) is 4.97. The van der Waals surface area contributed by atoms with Crippen molar-refractivity contribution >= 4 is 16.9 Å². The van der Waals surface area contributed by atoms with Gasteiger partial charge < -0.3 is 9.67 Å². The maximum absolute atomic E-state index is 12.9. The minimum Gasteiger partial charge on any atom is -0.477 e. The van der Waals surface area contributed by atoms with Crippen LogP contribution in [0.4, 0.5) is 13.2 Å². The van der Waals surface area contributed by atoms with Crippen LogP contribution in [0.15, 0.2) is 24.3 Å². The second-order valence-corrected chi connectivity index (χ2v) is 3.82. The molecule has 1 N–H and O–H groups in total. The number of hydrogen-bond acceptors (Lipinski definition) is 1. The van der Waals surface area contributed by atoms with Gasteiger partial charge in [-0.05, 0) is 19.1 Å². The van der Waals surface area contributed by atoms with Crippen LogP contribution in [-0.2, 0) is 12.7 Å². The van der Waals surface area contributed by atoms with Gasteiger partial charge in [0, 0.05) is 11.9 Å². The summed E-state index contributed by atoms with van der Waals surface area (Å²) in [5.41, 5.74) is -1.02. The Hall–Kier alpha value is -1.98. The molecular weight excluding hydrogens is 247 g/mol. The van der Waals surface area contributed by atoms with Crippen LogP contribution in [-0.4, -0.2) is 15.6 Å². The molecule has 96 valence electrons. The summed E-state index contributed by atoms with van der Waals surface area (Å²) in [5.74, 6) is -1.24. The number of aromatic nitrogens is 1. The molecule has 0 amide bonds. The first-order valence-electron chi connectivity index (χ1n) is 5.29. The van der Waals surface area contributed by atoms with Gasteiger partial charge >= 0.3 is 12.1 Å². The second-order valence-electron chi connectivity index (χ2n) is 3.82. The van der Waals surface area contributed by atoms with Crippen molar-refractivity contribution in [2.24, 2.45) is 0 Å². The van der Waals surface area contributed by atoms with Crippen LogP contribution < -0.4 is 0 Å². The van der Waals surface area contributed by atoms with Crippen molar-refractivity contribution in [3.63, 3.8) is 0 Å². The topological polar surface area (TPSA) is 42.2 Å². The van der Waals surface area contributed by atoms with Crippen molar-refractivity contribution in [1.29, 1.82) is 0 Å². The van der Waals surface area contributed by atoms with Crippen LogP contribution >= 0.6 is 0 Å². The highest BCUT2D eigenvalue weighted by Gasteiger charge is 2.34. The molecule has 0 unspecified atom stereocenters. The van der Waals surface area contributed by atoms with E-state index < -0.39 is 17.7 Å². The van der Waals surface area contributed by atoms with Gasteiger partial charge in [0.2, 0.25) is 0 Å². The van der Waals surface area contributed by atoms with Crippen molar-refractivity contribution in [3.05, 3.63) is 35.5 Å². The third-order valence-electron chi connectivity index (χ3n) is 2.76. The van der Waals surface area contributed by atoms with Crippen LogP contribution in [0.5, 0.6) is 0 Å². The van der Waals surface area contributed by atoms with Gasteiger partial charge in [0.1, 0.15) is 5.69 Å². The summed E-state index contributed by atoms with van der Waals surface area (Å²) in [6.45, 7) is 1.78. The highest BCUT2D eigenvalue weighted by Crippen LogP contribution is 2.36. The summed E-state index contributed by atoms with van der Waals surface area (Å²) in [6.07, 6.45) is -4.50. The molecule has 0 aliphatic carbocycles. The standard InChI is InChI=1S/C12H10F3NO2/c1-2-16-9(11(17)18)6-7-4-3-5-8(10(7)16)12(13,14)15/h3-6H,2H2,1H3,(H,17,18). The lowest BCUT2D eigenvalue weighted by atomic mass is 10.1. The number of carboxylic acid groups (broad SMARTS) is 1. The number of aryl methyl sites for hydroxylation is 1. The largest absolute Gasteiger partial charge is 0.477 e. The van der Waals surface area contributed by atoms with Crippen molar-refractivity contribution in [3.8, 4) is 0 Å². The van der Waals surface area contributed by atoms with Crippen LogP contribution in [0.1, 0.15) is 23.0 Å². The second kappa shape index (κ2) is 4.04. The Morgan fingerprint density at radius 3 is 2.56 bits per heavy atom. The summed E-state index contributed by atoms with van der Waals surface area (Å²) < 4.78 is 39.8. The Labute approximate surface area is 100 Å². The lowest BCUT2D eigenvalue weighted by Crippen LogP contribution is -2.11. The number of alkyl halides is 3. The van der Waals surface area contributed by atoms with E-state index in [9.17, 15) is 18.0 Å². The van der Waals surface area contributed by atoms with Crippen LogP contribution in [0.2, 0.25) is 0 Å². The Bertz CT molecular complexity index is 614. The molecule has 0 saturated carbocycles. The monoisotopic (exact) mass is 257 g/mol. The molecule has 18 heavy (non-hydrogen) atoms. The third kappa shape index (κ3) is 1.83. The average Bonchev–Trinajstić information content (AvgIpc) is 2.65. The molecule has 1 aromatic carbocycles. The molecule has 6 heteroatoms. The molecule has 1 aromatic heterocycles. The molecular formula is C12H10F3NO2. The zero-order valence-electron chi connectivity index (χ0n) is 9.45. The van der Waals surface area contributed by atoms with Gasteiger partial charge in [-0.2, -0.15) is 13.2 Å². The fraction of sp³-hybridized carbons (Fsp3) is 0.250. The van der Waals surface area contributed by atoms with E-state index in [1.807, 2.05) is 0 Å². The van der Waals surface area contributed by atoms with Gasteiger partial charge in [0.25, 0.3) is 0 Å². The zero-order valence-corrected chi connectivity index (χ0v) is 9.45. The molecule has 0 fully saturated rings. The van der Waals surface area contributed by atoms with Gasteiger partial charge in [0.05, 0.1) is 11.1 Å². The number of nitrogens with zero attached hydrogens (tertiary/aromatic N) is 1. The van der Waals surface area contributed by atoms with E-state index in [4.69, 9.17) is 5.11 Å². The van der Waals surface area contributed by atoms with E-state index in [1.165, 1.54) is 22.8 Å². The highest BCUT2D eigenvalue weighted by molar-refractivity contribution is 5.96. The fourth-order valence-corrected chi connectivity index (χ4v) is 2.06. The summed E-state index contributed by atoms with van der Waals surface area (Å²) >= 11 is 0. The maximum atomic E-state index is 12.9. The number of fused-ring (bicyclic) bond motifs is 1. The molecule has 0 aliphatic rings.